The van der Waals surface area contributed by atoms with Crippen LogP contribution in [0, 0.1) is 11.8 Å². The second-order valence-corrected chi connectivity index (χ2v) is 8.94. The highest BCUT2D eigenvalue weighted by Crippen LogP contribution is 2.29. The van der Waals surface area contributed by atoms with Crippen molar-refractivity contribution in [2.45, 2.75) is 39.2 Å². The highest BCUT2D eigenvalue weighted by molar-refractivity contribution is 7.16. The lowest BCUT2D eigenvalue weighted by atomic mass is 9.78. The highest BCUT2D eigenvalue weighted by Gasteiger charge is 2.29. The number of nitrogens with one attached hydrogen (secondary N) is 1. The zero-order valence-corrected chi connectivity index (χ0v) is 17.0. The standard InChI is InChI=1S/C20H29N5OS/c1-14-4-3-5-17(15(14)2)23-18(26)12-24-7-9-25(10-8-24)19-16-6-11-27-20(16)22-13-21-19/h6,11,13-15,17H,3-5,7-10,12H2,1-2H3,(H,23,26)/t14-,15+,17-/m1/s1. The van der Waals surface area contributed by atoms with Gasteiger partial charge in [-0.2, -0.15) is 0 Å². The molecule has 4 rings (SSSR count). The number of piperazine rings is 1. The van der Waals surface area contributed by atoms with Gasteiger partial charge in [0.1, 0.15) is 17.0 Å². The van der Waals surface area contributed by atoms with Crippen molar-refractivity contribution in [1.82, 2.24) is 20.2 Å². The molecular formula is C20H29N5OS. The Morgan fingerprint density at radius 2 is 2.04 bits per heavy atom. The number of hydrogen-bond acceptors (Lipinski definition) is 6. The van der Waals surface area contributed by atoms with Gasteiger partial charge in [0.25, 0.3) is 0 Å². The number of fused-ring (bicyclic) bond motifs is 1. The van der Waals surface area contributed by atoms with E-state index < -0.39 is 0 Å². The second-order valence-electron chi connectivity index (χ2n) is 8.04. The molecule has 0 unspecified atom stereocenters. The van der Waals surface area contributed by atoms with E-state index in [1.807, 2.05) is 0 Å². The topological polar surface area (TPSA) is 61.4 Å². The van der Waals surface area contributed by atoms with Gasteiger partial charge < -0.3 is 10.2 Å². The van der Waals surface area contributed by atoms with Gasteiger partial charge in [0, 0.05) is 32.2 Å². The van der Waals surface area contributed by atoms with Gasteiger partial charge in [0.05, 0.1) is 11.9 Å². The summed E-state index contributed by atoms with van der Waals surface area (Å²) in [6.45, 7) is 8.65. The molecule has 0 bridgehead atoms. The Morgan fingerprint density at radius 1 is 1.22 bits per heavy atom. The van der Waals surface area contributed by atoms with Gasteiger partial charge in [-0.15, -0.1) is 11.3 Å². The van der Waals surface area contributed by atoms with Crippen molar-refractivity contribution in [3.63, 3.8) is 0 Å². The summed E-state index contributed by atoms with van der Waals surface area (Å²) in [5.41, 5.74) is 0. The molecule has 146 valence electrons. The minimum absolute atomic E-state index is 0.177. The number of thiophene rings is 1. The van der Waals surface area contributed by atoms with Gasteiger partial charge in [0.2, 0.25) is 5.91 Å². The van der Waals surface area contributed by atoms with Crippen LogP contribution in [0.4, 0.5) is 5.82 Å². The Hall–Kier alpha value is -1.73. The highest BCUT2D eigenvalue weighted by atomic mass is 32.1. The lowest BCUT2D eigenvalue weighted by Gasteiger charge is -2.37. The van der Waals surface area contributed by atoms with Crippen LogP contribution in [0.3, 0.4) is 0 Å². The molecule has 2 aromatic rings. The molecule has 1 saturated heterocycles. The fraction of sp³-hybridized carbons (Fsp3) is 0.650. The Labute approximate surface area is 165 Å². The molecular weight excluding hydrogens is 358 g/mol. The third kappa shape index (κ3) is 4.09. The molecule has 0 radical (unpaired) electrons. The Bertz CT molecular complexity index is 786. The van der Waals surface area contributed by atoms with E-state index in [-0.39, 0.29) is 5.91 Å². The monoisotopic (exact) mass is 387 g/mol. The van der Waals surface area contributed by atoms with E-state index >= 15 is 0 Å². The third-order valence-corrected chi connectivity index (χ3v) is 7.15. The van der Waals surface area contributed by atoms with E-state index in [1.165, 1.54) is 12.8 Å². The first kappa shape index (κ1) is 18.6. The summed E-state index contributed by atoms with van der Waals surface area (Å²) in [5, 5.41) is 6.50. The molecule has 1 aliphatic heterocycles. The molecule has 27 heavy (non-hydrogen) atoms. The van der Waals surface area contributed by atoms with Crippen molar-refractivity contribution in [3.05, 3.63) is 17.8 Å². The number of amides is 1. The lowest BCUT2D eigenvalue weighted by molar-refractivity contribution is -0.123. The van der Waals surface area contributed by atoms with Crippen molar-refractivity contribution < 1.29 is 4.79 Å². The third-order valence-electron chi connectivity index (χ3n) is 6.33. The van der Waals surface area contributed by atoms with E-state index in [4.69, 9.17) is 0 Å². The maximum Gasteiger partial charge on any atom is 0.234 e. The molecule has 1 N–H and O–H groups in total. The Balaban J connectivity index is 1.29. The van der Waals surface area contributed by atoms with E-state index in [0.717, 1.165) is 48.6 Å². The molecule has 3 atom stereocenters. The quantitative estimate of drug-likeness (QED) is 0.874. The molecule has 3 heterocycles. The van der Waals surface area contributed by atoms with E-state index in [2.05, 4.69) is 50.4 Å². The van der Waals surface area contributed by atoms with Crippen LogP contribution in [0.25, 0.3) is 10.2 Å². The number of anilines is 1. The molecule has 2 aromatic heterocycles. The summed E-state index contributed by atoms with van der Waals surface area (Å²) >= 11 is 1.65. The average molecular weight is 388 g/mol. The fourth-order valence-electron chi connectivity index (χ4n) is 4.39. The molecule has 7 heteroatoms. The summed E-state index contributed by atoms with van der Waals surface area (Å²) in [7, 11) is 0. The molecule has 1 saturated carbocycles. The van der Waals surface area contributed by atoms with Crippen LogP contribution in [0.5, 0.6) is 0 Å². The number of hydrogen-bond donors (Lipinski definition) is 1. The zero-order chi connectivity index (χ0) is 18.8. The summed E-state index contributed by atoms with van der Waals surface area (Å²) < 4.78 is 0. The summed E-state index contributed by atoms with van der Waals surface area (Å²) in [4.78, 5) is 27.0. The van der Waals surface area contributed by atoms with Gasteiger partial charge in [0.15, 0.2) is 0 Å². The minimum Gasteiger partial charge on any atom is -0.353 e. The summed E-state index contributed by atoms with van der Waals surface area (Å²) in [6, 6.07) is 2.44. The maximum atomic E-state index is 12.5. The molecule has 1 amide bonds. The number of aromatic nitrogens is 2. The van der Waals surface area contributed by atoms with Crippen molar-refractivity contribution in [1.29, 1.82) is 0 Å². The van der Waals surface area contributed by atoms with Crippen LogP contribution >= 0.6 is 11.3 Å². The molecule has 2 aliphatic rings. The SMILES string of the molecule is C[C@H]1[C@H](C)CCC[C@H]1NC(=O)CN1CCN(c2ncnc3sccc23)CC1. The number of rotatable bonds is 4. The van der Waals surface area contributed by atoms with Gasteiger partial charge in [-0.1, -0.05) is 26.7 Å². The van der Waals surface area contributed by atoms with Crippen molar-refractivity contribution in [3.8, 4) is 0 Å². The van der Waals surface area contributed by atoms with Gasteiger partial charge in [-0.3, -0.25) is 9.69 Å². The number of carbonyl (C=O) groups excluding carboxylic acids is 1. The largest absolute Gasteiger partial charge is 0.353 e. The van der Waals surface area contributed by atoms with E-state index in [9.17, 15) is 4.79 Å². The Kier molecular flexibility index (Phi) is 5.59. The minimum atomic E-state index is 0.177. The van der Waals surface area contributed by atoms with Gasteiger partial charge in [-0.05, 0) is 29.7 Å². The van der Waals surface area contributed by atoms with Crippen molar-refractivity contribution in [2.75, 3.05) is 37.6 Å². The zero-order valence-electron chi connectivity index (χ0n) is 16.2. The first-order chi connectivity index (χ1) is 13.1. The summed E-state index contributed by atoms with van der Waals surface area (Å²) in [5.74, 6) is 2.48. The predicted octanol–water partition coefficient (Wildman–Crippen LogP) is 2.75. The maximum absolute atomic E-state index is 12.5. The average Bonchev–Trinajstić information content (AvgIpc) is 3.15. The summed E-state index contributed by atoms with van der Waals surface area (Å²) in [6.07, 6.45) is 5.29. The lowest BCUT2D eigenvalue weighted by Crippen LogP contribution is -2.52. The number of nitrogens with zero attached hydrogens (tertiary/aromatic N) is 4. The molecule has 0 aromatic carbocycles. The van der Waals surface area contributed by atoms with Crippen LogP contribution in [0.15, 0.2) is 17.8 Å². The van der Waals surface area contributed by atoms with Crippen LogP contribution < -0.4 is 10.2 Å². The Morgan fingerprint density at radius 3 is 2.85 bits per heavy atom. The van der Waals surface area contributed by atoms with Crippen LogP contribution in [-0.2, 0) is 4.79 Å². The second kappa shape index (κ2) is 8.10. The molecule has 1 aliphatic carbocycles. The predicted molar refractivity (Wildman–Crippen MR) is 110 cm³/mol. The molecule has 6 nitrogen and oxygen atoms in total. The van der Waals surface area contributed by atoms with Crippen molar-refractivity contribution in [2.24, 2.45) is 11.8 Å². The van der Waals surface area contributed by atoms with E-state index in [1.54, 1.807) is 17.7 Å². The first-order valence-electron chi connectivity index (χ1n) is 10.1. The van der Waals surface area contributed by atoms with Gasteiger partial charge >= 0.3 is 0 Å². The van der Waals surface area contributed by atoms with Crippen molar-refractivity contribution >= 4 is 33.3 Å². The first-order valence-corrected chi connectivity index (χ1v) is 10.9. The van der Waals surface area contributed by atoms with Crippen LogP contribution in [0.2, 0.25) is 0 Å². The fourth-order valence-corrected chi connectivity index (χ4v) is 5.12. The number of carbonyl (C=O) groups is 1. The molecule has 0 spiro atoms. The normalized spacial score (nSPS) is 27.0. The van der Waals surface area contributed by atoms with Gasteiger partial charge in [-0.25, -0.2) is 9.97 Å². The van der Waals surface area contributed by atoms with E-state index in [0.29, 0.717) is 24.4 Å². The van der Waals surface area contributed by atoms with Crippen LogP contribution in [0.1, 0.15) is 33.1 Å². The smallest absolute Gasteiger partial charge is 0.234 e. The molecule has 2 fully saturated rings. The van der Waals surface area contributed by atoms with Crippen LogP contribution in [-0.4, -0.2) is 59.5 Å².